The first-order valence-corrected chi connectivity index (χ1v) is 11.1. The van der Waals surface area contributed by atoms with E-state index in [1.54, 1.807) is 30.3 Å². The van der Waals surface area contributed by atoms with Crippen molar-refractivity contribution >= 4 is 27.3 Å². The van der Waals surface area contributed by atoms with Gasteiger partial charge in [0, 0.05) is 31.5 Å². The molecular formula is C23H23FN2O5S. The number of ether oxygens (including phenoxy) is 2. The molecule has 7 nitrogen and oxygen atoms in total. The molecule has 3 aromatic rings. The highest BCUT2D eigenvalue weighted by Crippen LogP contribution is 2.24. The lowest BCUT2D eigenvalue weighted by Crippen LogP contribution is -2.26. The minimum absolute atomic E-state index is 0.0374. The fourth-order valence-electron chi connectivity index (χ4n) is 2.87. The van der Waals surface area contributed by atoms with E-state index in [1.165, 1.54) is 50.6 Å². The third-order valence-corrected chi connectivity index (χ3v) is 6.39. The number of nitrogens with zero attached hydrogens (tertiary/aromatic N) is 1. The Bertz CT molecular complexity index is 1190. The number of halogens is 1. The van der Waals surface area contributed by atoms with Crippen LogP contribution < -0.4 is 14.4 Å². The first kappa shape index (κ1) is 23.2. The highest BCUT2D eigenvalue weighted by molar-refractivity contribution is 7.92. The molecule has 0 atom stereocenters. The summed E-state index contributed by atoms with van der Waals surface area (Å²) in [7, 11) is -0.925. The summed E-state index contributed by atoms with van der Waals surface area (Å²) in [5.74, 6) is -1.17. The number of hydrogen-bond acceptors (Lipinski definition) is 5. The first-order valence-electron chi connectivity index (χ1n) is 9.69. The fourth-order valence-corrected chi connectivity index (χ4v) is 4.11. The highest BCUT2D eigenvalue weighted by atomic mass is 32.2. The lowest BCUT2D eigenvalue weighted by molar-refractivity contribution is 0.102. The molecule has 1 amide bonds. The van der Waals surface area contributed by atoms with Gasteiger partial charge >= 0.3 is 0 Å². The summed E-state index contributed by atoms with van der Waals surface area (Å²) < 4.78 is 51.4. The van der Waals surface area contributed by atoms with E-state index >= 15 is 0 Å². The molecule has 1 N–H and O–H groups in total. The predicted molar refractivity (Wildman–Crippen MR) is 120 cm³/mol. The van der Waals surface area contributed by atoms with Crippen LogP contribution in [-0.2, 0) is 14.8 Å². The predicted octanol–water partition coefficient (Wildman–Crippen LogP) is 3.93. The maximum Gasteiger partial charge on any atom is 0.264 e. The van der Waals surface area contributed by atoms with E-state index in [9.17, 15) is 17.6 Å². The Morgan fingerprint density at radius 2 is 1.75 bits per heavy atom. The Hall–Kier alpha value is -3.43. The molecular weight excluding hydrogens is 435 g/mol. The van der Waals surface area contributed by atoms with Crippen molar-refractivity contribution in [3.05, 3.63) is 84.2 Å². The number of rotatable bonds is 9. The average Bonchev–Trinajstić information content (AvgIpc) is 2.80. The van der Waals surface area contributed by atoms with Gasteiger partial charge in [-0.2, -0.15) is 0 Å². The van der Waals surface area contributed by atoms with Crippen molar-refractivity contribution in [2.75, 3.05) is 37.0 Å². The Morgan fingerprint density at radius 1 is 1.00 bits per heavy atom. The minimum Gasteiger partial charge on any atom is -0.488 e. The van der Waals surface area contributed by atoms with Gasteiger partial charge in [-0.25, -0.2) is 12.8 Å². The Labute approximate surface area is 186 Å². The molecule has 3 rings (SSSR count). The molecule has 0 bridgehead atoms. The number of hydrogen-bond donors (Lipinski definition) is 1. The van der Waals surface area contributed by atoms with Crippen LogP contribution in [-0.4, -0.2) is 41.7 Å². The second-order valence-corrected chi connectivity index (χ2v) is 8.75. The summed E-state index contributed by atoms with van der Waals surface area (Å²) in [6, 6.07) is 18.3. The zero-order valence-corrected chi connectivity index (χ0v) is 18.4. The van der Waals surface area contributed by atoms with Crippen LogP contribution in [0.4, 0.5) is 15.8 Å². The van der Waals surface area contributed by atoms with Crippen LogP contribution >= 0.6 is 0 Å². The molecule has 0 aromatic heterocycles. The van der Waals surface area contributed by atoms with Crippen LogP contribution in [0, 0.1) is 5.82 Å². The molecule has 0 fully saturated rings. The van der Waals surface area contributed by atoms with Crippen molar-refractivity contribution < 1.29 is 27.1 Å². The summed E-state index contributed by atoms with van der Waals surface area (Å²) >= 11 is 0. The Kier molecular flexibility index (Phi) is 7.45. The van der Waals surface area contributed by atoms with Crippen LogP contribution in [0.3, 0.4) is 0 Å². The van der Waals surface area contributed by atoms with E-state index in [-0.39, 0.29) is 28.5 Å². The molecule has 0 unspecified atom stereocenters. The normalized spacial score (nSPS) is 11.1. The van der Waals surface area contributed by atoms with Gasteiger partial charge in [-0.1, -0.05) is 24.3 Å². The number of carbonyl (C=O) groups excluding carboxylic acids is 1. The summed E-state index contributed by atoms with van der Waals surface area (Å²) in [5.41, 5.74) is 0.820. The lowest BCUT2D eigenvalue weighted by Gasteiger charge is -2.19. The lowest BCUT2D eigenvalue weighted by atomic mass is 10.2. The third-order valence-electron chi connectivity index (χ3n) is 4.61. The van der Waals surface area contributed by atoms with Gasteiger partial charge in [0.25, 0.3) is 15.9 Å². The van der Waals surface area contributed by atoms with E-state index in [0.717, 1.165) is 10.4 Å². The van der Waals surface area contributed by atoms with Gasteiger partial charge in [-0.05, 0) is 42.5 Å². The van der Waals surface area contributed by atoms with E-state index in [2.05, 4.69) is 5.32 Å². The second kappa shape index (κ2) is 10.3. The third kappa shape index (κ3) is 5.43. The molecule has 0 aliphatic heterocycles. The maximum atomic E-state index is 14.2. The van der Waals surface area contributed by atoms with Gasteiger partial charge in [0.05, 0.1) is 17.2 Å². The van der Waals surface area contributed by atoms with E-state index < -0.39 is 21.7 Å². The van der Waals surface area contributed by atoms with E-state index in [1.807, 2.05) is 0 Å². The molecule has 0 radical (unpaired) electrons. The first-order chi connectivity index (χ1) is 15.3. The quantitative estimate of drug-likeness (QED) is 0.491. The molecule has 0 spiro atoms. The number of methoxy groups -OCH3 is 1. The van der Waals surface area contributed by atoms with Gasteiger partial charge in [-0.3, -0.25) is 9.10 Å². The largest absolute Gasteiger partial charge is 0.488 e. The van der Waals surface area contributed by atoms with Crippen LogP contribution in [0.1, 0.15) is 10.4 Å². The van der Waals surface area contributed by atoms with E-state index in [0.29, 0.717) is 12.3 Å². The SMILES string of the molecule is COCCOc1ccc(NC(=O)c2cccc(S(=O)(=O)N(C)c3ccccc3)c2)cc1F. The van der Waals surface area contributed by atoms with E-state index in [4.69, 9.17) is 9.47 Å². The molecule has 0 saturated heterocycles. The monoisotopic (exact) mass is 458 g/mol. The van der Waals surface area contributed by atoms with Crippen molar-refractivity contribution in [1.29, 1.82) is 0 Å². The highest BCUT2D eigenvalue weighted by Gasteiger charge is 2.22. The number of nitrogens with one attached hydrogen (secondary N) is 1. The van der Waals surface area contributed by atoms with Gasteiger partial charge in [0.2, 0.25) is 0 Å². The molecule has 168 valence electrons. The van der Waals surface area contributed by atoms with Crippen molar-refractivity contribution in [2.45, 2.75) is 4.90 Å². The van der Waals surface area contributed by atoms with Crippen molar-refractivity contribution in [3.8, 4) is 5.75 Å². The molecule has 3 aromatic carbocycles. The number of anilines is 2. The maximum absolute atomic E-state index is 14.2. The van der Waals surface area contributed by atoms with Crippen LogP contribution in [0.15, 0.2) is 77.7 Å². The average molecular weight is 459 g/mol. The zero-order chi connectivity index (χ0) is 23.1. The van der Waals surface area contributed by atoms with Crippen molar-refractivity contribution in [3.63, 3.8) is 0 Å². The number of benzene rings is 3. The standard InChI is InChI=1S/C23H23FN2O5S/c1-26(19-8-4-3-5-9-19)32(28,29)20-10-6-7-17(15-20)23(27)25-18-11-12-22(21(24)16-18)31-14-13-30-2/h3-12,15-16H,13-14H2,1-2H3,(H,25,27). The molecule has 0 aliphatic carbocycles. The smallest absolute Gasteiger partial charge is 0.264 e. The van der Waals surface area contributed by atoms with Crippen LogP contribution in [0.2, 0.25) is 0 Å². The Morgan fingerprint density at radius 3 is 2.44 bits per heavy atom. The Balaban J connectivity index is 1.76. The zero-order valence-electron chi connectivity index (χ0n) is 17.6. The molecule has 0 aliphatic rings. The van der Waals surface area contributed by atoms with Crippen LogP contribution in [0.25, 0.3) is 0 Å². The molecule has 9 heteroatoms. The van der Waals surface area contributed by atoms with Crippen molar-refractivity contribution in [2.24, 2.45) is 0 Å². The van der Waals surface area contributed by atoms with Gasteiger partial charge in [0.1, 0.15) is 6.61 Å². The van der Waals surface area contributed by atoms with Crippen molar-refractivity contribution in [1.82, 2.24) is 0 Å². The molecule has 0 saturated carbocycles. The summed E-state index contributed by atoms with van der Waals surface area (Å²) in [4.78, 5) is 12.6. The fraction of sp³-hybridized carbons (Fsp3) is 0.174. The molecule has 32 heavy (non-hydrogen) atoms. The van der Waals surface area contributed by atoms with Gasteiger partial charge < -0.3 is 14.8 Å². The number of amides is 1. The summed E-state index contributed by atoms with van der Waals surface area (Å²) in [5, 5.41) is 2.57. The minimum atomic E-state index is -3.88. The summed E-state index contributed by atoms with van der Waals surface area (Å²) in [6.45, 7) is 0.508. The number of carbonyl (C=O) groups is 1. The van der Waals surface area contributed by atoms with Crippen LogP contribution in [0.5, 0.6) is 5.75 Å². The van der Waals surface area contributed by atoms with Gasteiger partial charge in [0.15, 0.2) is 11.6 Å². The second-order valence-electron chi connectivity index (χ2n) is 6.78. The summed E-state index contributed by atoms with van der Waals surface area (Å²) in [6.07, 6.45) is 0. The molecule has 0 heterocycles. The topological polar surface area (TPSA) is 84.9 Å². The number of para-hydroxylation sites is 1. The van der Waals surface area contributed by atoms with Gasteiger partial charge in [-0.15, -0.1) is 0 Å². The number of sulfonamides is 1.